The molecule has 1 aromatic carbocycles. The van der Waals surface area contributed by atoms with Gasteiger partial charge in [0, 0.05) is 17.3 Å². The largest absolute Gasteiger partial charge is 0.573 e. The van der Waals surface area contributed by atoms with Crippen molar-refractivity contribution in [1.29, 1.82) is 0 Å². The Bertz CT molecular complexity index is 778. The van der Waals surface area contributed by atoms with Crippen LogP contribution in [0.5, 0.6) is 5.75 Å². The minimum Gasteiger partial charge on any atom is -0.406 e. The van der Waals surface area contributed by atoms with Crippen LogP contribution in [-0.4, -0.2) is 15.9 Å². The predicted octanol–water partition coefficient (Wildman–Crippen LogP) is 3.51. The van der Waals surface area contributed by atoms with E-state index >= 15 is 0 Å². The minimum atomic E-state index is -4.69. The van der Waals surface area contributed by atoms with Gasteiger partial charge in [0.05, 0.1) is 11.9 Å². The molecule has 0 spiro atoms. The van der Waals surface area contributed by atoms with Gasteiger partial charge in [-0.3, -0.25) is 0 Å². The molecule has 0 aliphatic rings. The molecule has 3 rings (SSSR count). The Morgan fingerprint density at radius 1 is 1.10 bits per heavy atom. The van der Waals surface area contributed by atoms with Gasteiger partial charge in [-0.05, 0) is 36.4 Å². The zero-order chi connectivity index (χ0) is 15.0. The Labute approximate surface area is 117 Å². The van der Waals surface area contributed by atoms with Gasteiger partial charge in [-0.1, -0.05) is 0 Å². The van der Waals surface area contributed by atoms with Gasteiger partial charge in [0.2, 0.25) is 0 Å². The highest BCUT2D eigenvalue weighted by atomic mass is 19.4. The summed E-state index contributed by atoms with van der Waals surface area (Å²) in [5.74, 6) is -0.264. The number of nitrogen functional groups attached to an aromatic ring is 1. The number of fused-ring (bicyclic) bond motifs is 1. The van der Waals surface area contributed by atoms with Gasteiger partial charge in [0.1, 0.15) is 11.4 Å². The Kier molecular flexibility index (Phi) is 2.97. The van der Waals surface area contributed by atoms with Crippen LogP contribution < -0.4 is 10.5 Å². The standard InChI is InChI=1S/C14H10F3N3O/c15-14(16,17)21-12-3-1-11(2-4-12)20-6-5-9-7-10(18)8-19-13(9)20/h1-8H,18H2. The molecule has 0 unspecified atom stereocenters. The number of aromatic nitrogens is 2. The van der Waals surface area contributed by atoms with Gasteiger partial charge in [-0.2, -0.15) is 0 Å². The van der Waals surface area contributed by atoms with Crippen LogP contribution in [0.3, 0.4) is 0 Å². The highest BCUT2D eigenvalue weighted by Gasteiger charge is 2.30. The van der Waals surface area contributed by atoms with E-state index in [4.69, 9.17) is 5.73 Å². The molecule has 0 fully saturated rings. The van der Waals surface area contributed by atoms with E-state index in [1.54, 1.807) is 16.8 Å². The average Bonchev–Trinajstić information content (AvgIpc) is 2.80. The van der Waals surface area contributed by atoms with Crippen LogP contribution in [0, 0.1) is 0 Å². The summed E-state index contributed by atoms with van der Waals surface area (Å²) >= 11 is 0. The number of benzene rings is 1. The van der Waals surface area contributed by atoms with E-state index in [0.717, 1.165) is 5.39 Å². The first-order valence-electron chi connectivity index (χ1n) is 6.01. The normalized spacial score (nSPS) is 11.8. The average molecular weight is 293 g/mol. The summed E-state index contributed by atoms with van der Waals surface area (Å²) in [5, 5.41) is 0.852. The van der Waals surface area contributed by atoms with Crippen molar-refractivity contribution in [2.75, 3.05) is 5.73 Å². The van der Waals surface area contributed by atoms with Crippen molar-refractivity contribution in [3.63, 3.8) is 0 Å². The molecular weight excluding hydrogens is 283 g/mol. The van der Waals surface area contributed by atoms with Crippen molar-refractivity contribution < 1.29 is 17.9 Å². The number of ether oxygens (including phenoxy) is 1. The first-order chi connectivity index (χ1) is 9.92. The fourth-order valence-corrected chi connectivity index (χ4v) is 2.06. The van der Waals surface area contributed by atoms with Crippen LogP contribution in [-0.2, 0) is 0 Å². The number of alkyl halides is 3. The molecule has 2 heterocycles. The quantitative estimate of drug-likeness (QED) is 0.786. The molecular formula is C14H10F3N3O. The first kappa shape index (κ1) is 13.3. The third-order valence-electron chi connectivity index (χ3n) is 2.90. The molecule has 0 aliphatic heterocycles. The van der Waals surface area contributed by atoms with Crippen LogP contribution in [0.25, 0.3) is 16.7 Å². The molecule has 7 heteroatoms. The van der Waals surface area contributed by atoms with Gasteiger partial charge >= 0.3 is 6.36 Å². The number of hydrogen-bond acceptors (Lipinski definition) is 3. The van der Waals surface area contributed by atoms with Gasteiger partial charge in [-0.15, -0.1) is 13.2 Å². The molecule has 0 bridgehead atoms. The number of anilines is 1. The molecule has 2 aromatic heterocycles. The molecule has 0 saturated heterocycles. The number of nitrogens with two attached hydrogens (primary N) is 1. The zero-order valence-electron chi connectivity index (χ0n) is 10.6. The maximum absolute atomic E-state index is 12.1. The summed E-state index contributed by atoms with van der Waals surface area (Å²) < 4.78 is 41.9. The lowest BCUT2D eigenvalue weighted by Gasteiger charge is -2.10. The Morgan fingerprint density at radius 2 is 1.81 bits per heavy atom. The van der Waals surface area contributed by atoms with E-state index in [-0.39, 0.29) is 5.75 Å². The van der Waals surface area contributed by atoms with E-state index in [9.17, 15) is 13.2 Å². The van der Waals surface area contributed by atoms with Gasteiger partial charge in [-0.25, -0.2) is 4.98 Å². The van der Waals surface area contributed by atoms with Gasteiger partial charge in [0.15, 0.2) is 0 Å². The number of pyridine rings is 1. The maximum atomic E-state index is 12.1. The number of rotatable bonds is 2. The van der Waals surface area contributed by atoms with Crippen LogP contribution >= 0.6 is 0 Å². The van der Waals surface area contributed by atoms with Gasteiger partial charge in [0.25, 0.3) is 0 Å². The molecule has 2 N–H and O–H groups in total. The van der Waals surface area contributed by atoms with Crippen molar-refractivity contribution in [3.8, 4) is 11.4 Å². The van der Waals surface area contributed by atoms with Crippen molar-refractivity contribution in [3.05, 3.63) is 48.8 Å². The molecule has 21 heavy (non-hydrogen) atoms. The van der Waals surface area contributed by atoms with Crippen molar-refractivity contribution in [2.45, 2.75) is 6.36 Å². The fourth-order valence-electron chi connectivity index (χ4n) is 2.06. The van der Waals surface area contributed by atoms with Crippen LogP contribution in [0.4, 0.5) is 18.9 Å². The zero-order valence-corrected chi connectivity index (χ0v) is 10.6. The molecule has 0 saturated carbocycles. The molecule has 0 aliphatic carbocycles. The topological polar surface area (TPSA) is 53.1 Å². The lowest BCUT2D eigenvalue weighted by molar-refractivity contribution is -0.274. The van der Waals surface area contributed by atoms with Gasteiger partial charge < -0.3 is 15.0 Å². The fraction of sp³-hybridized carbons (Fsp3) is 0.0714. The second-order valence-electron chi connectivity index (χ2n) is 4.41. The number of halogens is 3. The third kappa shape index (κ3) is 2.76. The molecule has 0 radical (unpaired) electrons. The second kappa shape index (κ2) is 4.69. The molecule has 0 atom stereocenters. The Hall–Kier alpha value is -2.70. The van der Waals surface area contributed by atoms with E-state index in [1.807, 2.05) is 6.07 Å². The molecule has 0 amide bonds. The van der Waals surface area contributed by atoms with Crippen LogP contribution in [0.2, 0.25) is 0 Å². The van der Waals surface area contributed by atoms with E-state index in [0.29, 0.717) is 17.0 Å². The van der Waals surface area contributed by atoms with Crippen LogP contribution in [0.1, 0.15) is 0 Å². The van der Waals surface area contributed by atoms with Crippen molar-refractivity contribution in [1.82, 2.24) is 9.55 Å². The molecule has 108 valence electrons. The second-order valence-corrected chi connectivity index (χ2v) is 4.41. The number of hydrogen-bond donors (Lipinski definition) is 1. The van der Waals surface area contributed by atoms with Crippen molar-refractivity contribution >= 4 is 16.7 Å². The maximum Gasteiger partial charge on any atom is 0.573 e. The Balaban J connectivity index is 1.96. The summed E-state index contributed by atoms with van der Waals surface area (Å²) in [7, 11) is 0. The summed E-state index contributed by atoms with van der Waals surface area (Å²) in [4.78, 5) is 4.23. The summed E-state index contributed by atoms with van der Waals surface area (Å²) in [6.45, 7) is 0. The summed E-state index contributed by atoms with van der Waals surface area (Å²) in [5.41, 5.74) is 7.56. The van der Waals surface area contributed by atoms with E-state index in [1.165, 1.54) is 30.5 Å². The third-order valence-corrected chi connectivity index (χ3v) is 2.90. The molecule has 4 nitrogen and oxygen atoms in total. The van der Waals surface area contributed by atoms with E-state index < -0.39 is 6.36 Å². The Morgan fingerprint density at radius 3 is 2.48 bits per heavy atom. The monoisotopic (exact) mass is 293 g/mol. The predicted molar refractivity (Wildman–Crippen MR) is 72.2 cm³/mol. The summed E-state index contributed by atoms with van der Waals surface area (Å²) in [6, 6.07) is 9.17. The SMILES string of the molecule is Nc1cnc2c(ccn2-c2ccc(OC(F)(F)F)cc2)c1. The summed E-state index contributed by atoms with van der Waals surface area (Å²) in [6.07, 6.45) is -1.39. The lowest BCUT2D eigenvalue weighted by atomic mass is 10.3. The van der Waals surface area contributed by atoms with Crippen molar-refractivity contribution in [2.24, 2.45) is 0 Å². The minimum absolute atomic E-state index is 0.264. The van der Waals surface area contributed by atoms with E-state index in [2.05, 4.69) is 9.72 Å². The number of nitrogens with zero attached hydrogens (tertiary/aromatic N) is 2. The van der Waals surface area contributed by atoms with Crippen LogP contribution in [0.15, 0.2) is 48.8 Å². The smallest absolute Gasteiger partial charge is 0.406 e. The molecule has 3 aromatic rings. The lowest BCUT2D eigenvalue weighted by Crippen LogP contribution is -2.17. The highest BCUT2D eigenvalue weighted by Crippen LogP contribution is 2.25. The first-order valence-corrected chi connectivity index (χ1v) is 6.01. The highest BCUT2D eigenvalue weighted by molar-refractivity contribution is 5.80.